The average Bonchev–Trinajstić information content (AvgIpc) is 3.19. The van der Waals surface area contributed by atoms with Gasteiger partial charge in [-0.2, -0.15) is 5.10 Å². The summed E-state index contributed by atoms with van der Waals surface area (Å²) in [7, 11) is 0. The number of piperidine rings is 1. The van der Waals surface area contributed by atoms with E-state index in [1.54, 1.807) is 12.4 Å². The second-order valence-electron chi connectivity index (χ2n) is 7.04. The van der Waals surface area contributed by atoms with Crippen LogP contribution in [0.4, 0.5) is 0 Å². The van der Waals surface area contributed by atoms with Gasteiger partial charge in [-0.3, -0.25) is 10.1 Å². The van der Waals surface area contributed by atoms with Gasteiger partial charge in [-0.25, -0.2) is 0 Å². The van der Waals surface area contributed by atoms with Crippen LogP contribution in [0.2, 0.25) is 5.02 Å². The minimum atomic E-state index is 0.266. The van der Waals surface area contributed by atoms with Crippen LogP contribution in [0.3, 0.4) is 0 Å². The predicted octanol–water partition coefficient (Wildman–Crippen LogP) is 4.78. The molecule has 4 rings (SSSR count). The fraction of sp³-hybridized carbons (Fsp3) is 0.286. The fourth-order valence-electron chi connectivity index (χ4n) is 3.85. The lowest BCUT2D eigenvalue weighted by atomic mass is 9.88. The topological polar surface area (TPSA) is 77.4 Å². The maximum Gasteiger partial charge on any atom is 0.141 e. The van der Waals surface area contributed by atoms with Crippen molar-refractivity contribution in [3.05, 3.63) is 59.5 Å². The molecule has 2 N–H and O–H groups in total. The molecular formula is C21H22ClN5O. The number of hydrogen-bond acceptors (Lipinski definition) is 4. The molecule has 28 heavy (non-hydrogen) atoms. The molecule has 1 saturated heterocycles. The Morgan fingerprint density at radius 1 is 1.18 bits per heavy atom. The molecular weight excluding hydrogens is 374 g/mol. The summed E-state index contributed by atoms with van der Waals surface area (Å²) in [4.78, 5) is 6.28. The van der Waals surface area contributed by atoms with Crippen LogP contribution in [0.15, 0.2) is 53.9 Å². The summed E-state index contributed by atoms with van der Waals surface area (Å²) in [5, 5.41) is 21.2. The lowest BCUT2D eigenvalue weighted by Crippen LogP contribution is -2.38. The van der Waals surface area contributed by atoms with Gasteiger partial charge in [0.2, 0.25) is 0 Å². The highest BCUT2D eigenvalue weighted by Gasteiger charge is 2.28. The Morgan fingerprint density at radius 2 is 1.93 bits per heavy atom. The normalized spacial score (nSPS) is 17.7. The highest BCUT2D eigenvalue weighted by Crippen LogP contribution is 2.39. The van der Waals surface area contributed by atoms with Crippen molar-refractivity contribution >= 4 is 17.4 Å². The molecule has 0 spiro atoms. The minimum Gasteiger partial charge on any atom is -0.409 e. The molecule has 6 nitrogen and oxygen atoms in total. The van der Waals surface area contributed by atoms with Crippen molar-refractivity contribution in [1.82, 2.24) is 20.1 Å². The number of H-pyrrole nitrogens is 1. The second-order valence-corrected chi connectivity index (χ2v) is 7.47. The fourth-order valence-corrected chi connectivity index (χ4v) is 3.97. The quantitative estimate of drug-likeness (QED) is 0.289. The van der Waals surface area contributed by atoms with Crippen LogP contribution in [0, 0.1) is 0 Å². The molecule has 0 saturated carbocycles. The number of pyridine rings is 1. The van der Waals surface area contributed by atoms with Crippen molar-refractivity contribution in [3.63, 3.8) is 0 Å². The van der Waals surface area contributed by atoms with Gasteiger partial charge >= 0.3 is 0 Å². The Hall–Kier alpha value is -2.86. The summed E-state index contributed by atoms with van der Waals surface area (Å²) in [6, 6.07) is 11.8. The molecule has 0 amide bonds. The number of nitrogens with one attached hydrogen (secondary N) is 1. The average molecular weight is 396 g/mol. The molecule has 3 aromatic rings. The minimum absolute atomic E-state index is 0.266. The molecule has 1 aromatic carbocycles. The highest BCUT2D eigenvalue weighted by molar-refractivity contribution is 6.30. The number of aromatic nitrogens is 3. The molecule has 7 heteroatoms. The smallest absolute Gasteiger partial charge is 0.141 e. The standard InChI is InChI=1S/C21H22ClN5O/c1-14(26-28)27-12-2-3-17(13-27)21-19(15-8-10-23-11-9-15)20(24-25-21)16-4-6-18(22)7-5-16/h4-11,17,28H,2-3,12-13H2,1H3,(H,24,25)/b26-14-. The first-order chi connectivity index (χ1) is 13.7. The van der Waals surface area contributed by atoms with E-state index in [9.17, 15) is 0 Å². The van der Waals surface area contributed by atoms with Crippen LogP contribution >= 0.6 is 11.6 Å². The third-order valence-electron chi connectivity index (χ3n) is 5.31. The van der Waals surface area contributed by atoms with Crippen LogP contribution in [0.5, 0.6) is 0 Å². The van der Waals surface area contributed by atoms with Crippen molar-refractivity contribution in [2.45, 2.75) is 25.7 Å². The summed E-state index contributed by atoms with van der Waals surface area (Å²) in [5.74, 6) is 0.912. The Balaban J connectivity index is 1.78. The number of halogens is 1. The lowest BCUT2D eigenvalue weighted by Gasteiger charge is -2.33. The van der Waals surface area contributed by atoms with Crippen LogP contribution in [0.25, 0.3) is 22.4 Å². The Bertz CT molecular complexity index is 968. The molecule has 1 unspecified atom stereocenters. The number of amidine groups is 1. The van der Waals surface area contributed by atoms with Crippen LogP contribution in [-0.2, 0) is 0 Å². The second kappa shape index (κ2) is 8.02. The maximum atomic E-state index is 9.16. The Labute approximate surface area is 168 Å². The zero-order valence-electron chi connectivity index (χ0n) is 15.6. The van der Waals surface area contributed by atoms with Gasteiger partial charge in [-0.05, 0) is 49.6 Å². The van der Waals surface area contributed by atoms with E-state index in [4.69, 9.17) is 16.8 Å². The molecule has 144 valence electrons. The van der Waals surface area contributed by atoms with E-state index in [0.29, 0.717) is 10.9 Å². The van der Waals surface area contributed by atoms with Crippen LogP contribution in [0.1, 0.15) is 31.4 Å². The van der Waals surface area contributed by atoms with E-state index in [2.05, 4.69) is 25.2 Å². The van der Waals surface area contributed by atoms with Gasteiger partial charge in [0.1, 0.15) is 11.5 Å². The van der Waals surface area contributed by atoms with E-state index >= 15 is 0 Å². The largest absolute Gasteiger partial charge is 0.409 e. The first-order valence-corrected chi connectivity index (χ1v) is 9.73. The monoisotopic (exact) mass is 395 g/mol. The van der Waals surface area contributed by atoms with E-state index in [0.717, 1.165) is 54.0 Å². The number of oxime groups is 1. The molecule has 1 fully saturated rings. The van der Waals surface area contributed by atoms with Gasteiger partial charge in [0, 0.05) is 53.2 Å². The van der Waals surface area contributed by atoms with E-state index in [1.165, 1.54) is 0 Å². The summed E-state index contributed by atoms with van der Waals surface area (Å²) in [5.41, 5.74) is 5.19. The predicted molar refractivity (Wildman–Crippen MR) is 111 cm³/mol. The van der Waals surface area contributed by atoms with Crippen molar-refractivity contribution in [3.8, 4) is 22.4 Å². The number of rotatable bonds is 3. The summed E-state index contributed by atoms with van der Waals surface area (Å²) in [6.07, 6.45) is 5.68. The van der Waals surface area contributed by atoms with Gasteiger partial charge in [0.05, 0.1) is 0 Å². The summed E-state index contributed by atoms with van der Waals surface area (Å²) < 4.78 is 0. The summed E-state index contributed by atoms with van der Waals surface area (Å²) in [6.45, 7) is 3.52. The molecule has 0 bridgehead atoms. The Kier molecular flexibility index (Phi) is 5.30. The molecule has 1 atom stereocenters. The number of likely N-dealkylation sites (tertiary alicyclic amines) is 1. The number of aromatic amines is 1. The van der Waals surface area contributed by atoms with Crippen molar-refractivity contribution in [2.75, 3.05) is 13.1 Å². The van der Waals surface area contributed by atoms with E-state index in [-0.39, 0.29) is 5.92 Å². The van der Waals surface area contributed by atoms with E-state index in [1.807, 2.05) is 43.3 Å². The zero-order chi connectivity index (χ0) is 19.5. The third kappa shape index (κ3) is 3.60. The molecule has 1 aliphatic heterocycles. The lowest BCUT2D eigenvalue weighted by molar-refractivity contribution is 0.269. The maximum absolute atomic E-state index is 9.16. The van der Waals surface area contributed by atoms with E-state index < -0.39 is 0 Å². The molecule has 0 radical (unpaired) electrons. The number of nitrogens with zero attached hydrogens (tertiary/aromatic N) is 4. The third-order valence-corrected chi connectivity index (χ3v) is 5.56. The molecule has 3 heterocycles. The number of hydrogen-bond donors (Lipinski definition) is 2. The van der Waals surface area contributed by atoms with Gasteiger partial charge in [0.15, 0.2) is 0 Å². The van der Waals surface area contributed by atoms with Gasteiger partial charge in [-0.1, -0.05) is 28.9 Å². The number of benzene rings is 1. The molecule has 0 aliphatic carbocycles. The van der Waals surface area contributed by atoms with Crippen molar-refractivity contribution < 1.29 is 5.21 Å². The van der Waals surface area contributed by atoms with Gasteiger partial charge < -0.3 is 10.1 Å². The first kappa shape index (κ1) is 18.5. The van der Waals surface area contributed by atoms with Gasteiger partial charge in [0.25, 0.3) is 0 Å². The van der Waals surface area contributed by atoms with Crippen LogP contribution < -0.4 is 0 Å². The summed E-state index contributed by atoms with van der Waals surface area (Å²) >= 11 is 6.07. The van der Waals surface area contributed by atoms with Crippen LogP contribution in [-0.4, -0.2) is 44.2 Å². The van der Waals surface area contributed by atoms with Crippen molar-refractivity contribution in [1.29, 1.82) is 0 Å². The van der Waals surface area contributed by atoms with Crippen molar-refractivity contribution in [2.24, 2.45) is 5.16 Å². The molecule has 2 aromatic heterocycles. The highest BCUT2D eigenvalue weighted by atomic mass is 35.5. The zero-order valence-corrected chi connectivity index (χ0v) is 16.4. The molecule has 1 aliphatic rings. The SMILES string of the molecule is C/C(=N/O)N1CCCC(c2[nH]nc(-c3ccc(Cl)cc3)c2-c2ccncc2)C1. The Morgan fingerprint density at radius 3 is 2.64 bits per heavy atom. The first-order valence-electron chi connectivity index (χ1n) is 9.35. The van der Waals surface area contributed by atoms with Gasteiger partial charge in [-0.15, -0.1) is 0 Å².